The van der Waals surface area contributed by atoms with Gasteiger partial charge in [0.05, 0.1) is 6.61 Å². The number of nitrogens with one attached hydrogen (secondary N) is 1. The van der Waals surface area contributed by atoms with Crippen molar-refractivity contribution in [3.8, 4) is 16.9 Å². The second-order valence-corrected chi connectivity index (χ2v) is 6.22. The highest BCUT2D eigenvalue weighted by atomic mass is 16.5. The van der Waals surface area contributed by atoms with Gasteiger partial charge in [-0.15, -0.1) is 0 Å². The monoisotopic (exact) mass is 341 g/mol. The van der Waals surface area contributed by atoms with E-state index in [4.69, 9.17) is 9.47 Å². The van der Waals surface area contributed by atoms with Gasteiger partial charge < -0.3 is 14.8 Å². The number of benzene rings is 2. The van der Waals surface area contributed by atoms with Crippen LogP contribution in [-0.4, -0.2) is 32.3 Å². The van der Waals surface area contributed by atoms with Crippen LogP contribution in [0.15, 0.2) is 48.5 Å². The predicted octanol–water partition coefficient (Wildman–Crippen LogP) is 3.84. The van der Waals surface area contributed by atoms with Gasteiger partial charge in [-0.2, -0.15) is 0 Å². The molecule has 4 heteroatoms. The summed E-state index contributed by atoms with van der Waals surface area (Å²) in [4.78, 5) is 11.1. The third kappa shape index (κ3) is 6.59. The minimum Gasteiger partial charge on any atom is -0.494 e. The molecule has 1 N–H and O–H groups in total. The average molecular weight is 341 g/mol. The number of carbonyl (C=O) groups excluding carboxylic acids is 1. The number of hydrogen-bond acceptors (Lipinski definition) is 3. The average Bonchev–Trinajstić information content (AvgIpc) is 2.59. The summed E-state index contributed by atoms with van der Waals surface area (Å²) < 4.78 is 10.7. The lowest BCUT2D eigenvalue weighted by Gasteiger charge is -2.13. The van der Waals surface area contributed by atoms with E-state index in [1.807, 2.05) is 19.1 Å². The molecule has 1 amide bonds. The summed E-state index contributed by atoms with van der Waals surface area (Å²) in [7, 11) is 1.70. The Morgan fingerprint density at radius 1 is 1.00 bits per heavy atom. The minimum absolute atomic E-state index is 0.00801. The van der Waals surface area contributed by atoms with Crippen LogP contribution >= 0.6 is 0 Å². The molecular weight excluding hydrogens is 314 g/mol. The van der Waals surface area contributed by atoms with Gasteiger partial charge in [0.1, 0.15) is 5.75 Å². The van der Waals surface area contributed by atoms with Crippen LogP contribution in [0.1, 0.15) is 25.8 Å². The Labute approximate surface area is 150 Å². The molecule has 1 atom stereocenters. The summed E-state index contributed by atoms with van der Waals surface area (Å²) in [6, 6.07) is 16.7. The standard InChI is InChI=1S/C21H27NO3/c1-16(22-17(2)23)15-18-5-7-19(8-6-18)20-9-11-21(12-10-20)25-14-4-13-24-3/h5-12,16H,4,13-15H2,1-3H3,(H,22,23). The molecule has 2 aromatic carbocycles. The van der Waals surface area contributed by atoms with E-state index in [9.17, 15) is 4.79 Å². The largest absolute Gasteiger partial charge is 0.494 e. The van der Waals surface area contributed by atoms with Crippen molar-refractivity contribution in [3.05, 3.63) is 54.1 Å². The first-order valence-electron chi connectivity index (χ1n) is 8.66. The quantitative estimate of drug-likeness (QED) is 0.705. The topological polar surface area (TPSA) is 47.6 Å². The first-order chi connectivity index (χ1) is 12.1. The second kappa shape index (κ2) is 9.84. The van der Waals surface area contributed by atoms with Gasteiger partial charge in [-0.1, -0.05) is 36.4 Å². The van der Waals surface area contributed by atoms with Crippen LogP contribution in [0.3, 0.4) is 0 Å². The van der Waals surface area contributed by atoms with Crippen LogP contribution in [-0.2, 0) is 16.0 Å². The molecule has 0 heterocycles. The van der Waals surface area contributed by atoms with E-state index in [1.54, 1.807) is 14.0 Å². The molecule has 0 spiro atoms. The van der Waals surface area contributed by atoms with E-state index in [0.29, 0.717) is 13.2 Å². The number of amides is 1. The maximum absolute atomic E-state index is 11.1. The van der Waals surface area contributed by atoms with E-state index in [-0.39, 0.29) is 11.9 Å². The highest BCUT2D eigenvalue weighted by Gasteiger charge is 2.05. The maximum atomic E-state index is 11.1. The maximum Gasteiger partial charge on any atom is 0.217 e. The Balaban J connectivity index is 1.91. The predicted molar refractivity (Wildman–Crippen MR) is 101 cm³/mol. The molecule has 2 rings (SSSR count). The molecule has 0 fully saturated rings. The summed E-state index contributed by atoms with van der Waals surface area (Å²) in [5, 5.41) is 2.91. The molecule has 1 unspecified atom stereocenters. The normalized spacial score (nSPS) is 11.8. The van der Waals surface area contributed by atoms with Crippen molar-refractivity contribution in [3.63, 3.8) is 0 Å². The molecule has 0 saturated heterocycles. The highest BCUT2D eigenvalue weighted by Crippen LogP contribution is 2.23. The molecule has 25 heavy (non-hydrogen) atoms. The molecule has 134 valence electrons. The van der Waals surface area contributed by atoms with E-state index in [0.717, 1.165) is 24.2 Å². The van der Waals surface area contributed by atoms with Gasteiger partial charge in [-0.25, -0.2) is 0 Å². The van der Waals surface area contributed by atoms with Gasteiger partial charge in [-0.3, -0.25) is 4.79 Å². The van der Waals surface area contributed by atoms with E-state index in [2.05, 4.69) is 41.7 Å². The zero-order valence-corrected chi connectivity index (χ0v) is 15.2. The zero-order chi connectivity index (χ0) is 18.1. The Kier molecular flexibility index (Phi) is 7.48. The fraction of sp³-hybridized carbons (Fsp3) is 0.381. The van der Waals surface area contributed by atoms with Gasteiger partial charge in [0.15, 0.2) is 0 Å². The first kappa shape index (κ1) is 19.0. The lowest BCUT2D eigenvalue weighted by Crippen LogP contribution is -2.31. The van der Waals surface area contributed by atoms with Crippen molar-refractivity contribution in [2.75, 3.05) is 20.3 Å². The molecule has 0 aliphatic rings. The molecule has 0 saturated carbocycles. The van der Waals surface area contributed by atoms with Crippen LogP contribution in [0.4, 0.5) is 0 Å². The molecule has 0 radical (unpaired) electrons. The lowest BCUT2D eigenvalue weighted by atomic mass is 10.0. The Morgan fingerprint density at radius 2 is 1.60 bits per heavy atom. The number of carbonyl (C=O) groups is 1. The van der Waals surface area contributed by atoms with Gasteiger partial charge in [-0.05, 0) is 42.2 Å². The van der Waals surface area contributed by atoms with E-state index in [1.165, 1.54) is 11.1 Å². The molecule has 2 aromatic rings. The van der Waals surface area contributed by atoms with Crippen LogP contribution in [0.25, 0.3) is 11.1 Å². The summed E-state index contributed by atoms with van der Waals surface area (Å²) >= 11 is 0. The number of hydrogen-bond donors (Lipinski definition) is 1. The van der Waals surface area contributed by atoms with Gasteiger partial charge >= 0.3 is 0 Å². The van der Waals surface area contributed by atoms with Gasteiger partial charge in [0, 0.05) is 33.1 Å². The molecule has 0 aromatic heterocycles. The lowest BCUT2D eigenvalue weighted by molar-refractivity contribution is -0.119. The van der Waals surface area contributed by atoms with E-state index >= 15 is 0 Å². The fourth-order valence-corrected chi connectivity index (χ4v) is 2.72. The third-order valence-electron chi connectivity index (χ3n) is 3.89. The molecular formula is C21H27NO3. The highest BCUT2D eigenvalue weighted by molar-refractivity contribution is 5.73. The third-order valence-corrected chi connectivity index (χ3v) is 3.89. The summed E-state index contributed by atoms with van der Waals surface area (Å²) in [6.45, 7) is 4.94. The molecule has 0 bridgehead atoms. The van der Waals surface area contributed by atoms with Gasteiger partial charge in [0.2, 0.25) is 5.91 Å². The van der Waals surface area contributed by atoms with E-state index < -0.39 is 0 Å². The molecule has 0 aliphatic heterocycles. The molecule has 4 nitrogen and oxygen atoms in total. The van der Waals surface area contributed by atoms with Crippen LogP contribution < -0.4 is 10.1 Å². The fourth-order valence-electron chi connectivity index (χ4n) is 2.72. The Bertz CT molecular complexity index is 650. The van der Waals surface area contributed by atoms with Crippen molar-refractivity contribution < 1.29 is 14.3 Å². The number of methoxy groups -OCH3 is 1. The Hall–Kier alpha value is -2.33. The van der Waals surface area contributed by atoms with Crippen molar-refractivity contribution in [1.82, 2.24) is 5.32 Å². The van der Waals surface area contributed by atoms with Crippen molar-refractivity contribution >= 4 is 5.91 Å². The number of ether oxygens (including phenoxy) is 2. The Morgan fingerprint density at radius 3 is 2.16 bits per heavy atom. The SMILES string of the molecule is COCCCOc1ccc(-c2ccc(CC(C)NC(C)=O)cc2)cc1. The van der Waals surface area contributed by atoms with Crippen LogP contribution in [0.5, 0.6) is 5.75 Å². The summed E-state index contributed by atoms with van der Waals surface area (Å²) in [6.07, 6.45) is 1.71. The number of rotatable bonds is 9. The zero-order valence-electron chi connectivity index (χ0n) is 15.2. The van der Waals surface area contributed by atoms with Gasteiger partial charge in [0.25, 0.3) is 0 Å². The van der Waals surface area contributed by atoms with Crippen LogP contribution in [0, 0.1) is 0 Å². The van der Waals surface area contributed by atoms with Crippen LogP contribution in [0.2, 0.25) is 0 Å². The minimum atomic E-state index is 0.00801. The first-order valence-corrected chi connectivity index (χ1v) is 8.66. The smallest absolute Gasteiger partial charge is 0.217 e. The second-order valence-electron chi connectivity index (χ2n) is 6.22. The van der Waals surface area contributed by atoms with Crippen molar-refractivity contribution in [2.45, 2.75) is 32.7 Å². The van der Waals surface area contributed by atoms with Crippen molar-refractivity contribution in [2.24, 2.45) is 0 Å². The summed E-state index contributed by atoms with van der Waals surface area (Å²) in [5.74, 6) is 0.884. The summed E-state index contributed by atoms with van der Waals surface area (Å²) in [5.41, 5.74) is 3.54. The molecule has 0 aliphatic carbocycles. The van der Waals surface area contributed by atoms with Crippen molar-refractivity contribution in [1.29, 1.82) is 0 Å².